The van der Waals surface area contributed by atoms with E-state index in [0.717, 1.165) is 61.2 Å². The number of hydrogen-bond acceptors (Lipinski definition) is 8. The molecule has 3 aromatic rings. The molecule has 11 nitrogen and oxygen atoms in total. The number of hydrogen-bond donors (Lipinski definition) is 3. The van der Waals surface area contributed by atoms with Gasteiger partial charge in [-0.3, -0.25) is 9.59 Å². The van der Waals surface area contributed by atoms with Crippen molar-refractivity contribution in [2.24, 2.45) is 0 Å². The van der Waals surface area contributed by atoms with Crippen LogP contribution in [-0.4, -0.2) is 68.1 Å². The Labute approximate surface area is 240 Å². The maximum absolute atomic E-state index is 13.2. The summed E-state index contributed by atoms with van der Waals surface area (Å²) in [5, 5.41) is 14.6. The highest BCUT2D eigenvalue weighted by Crippen LogP contribution is 2.25. The summed E-state index contributed by atoms with van der Waals surface area (Å²) in [4.78, 5) is 36.7. The fraction of sp³-hybridized carbons (Fsp3) is 0.500. The summed E-state index contributed by atoms with van der Waals surface area (Å²) < 4.78 is 7.25. The summed E-state index contributed by atoms with van der Waals surface area (Å²) in [5.41, 5.74) is 4.59. The van der Waals surface area contributed by atoms with Crippen LogP contribution in [0.25, 0.3) is 5.65 Å². The minimum Gasteiger partial charge on any atom is -0.381 e. The number of aromatic nitrogens is 4. The molecule has 4 heterocycles. The van der Waals surface area contributed by atoms with Gasteiger partial charge in [-0.1, -0.05) is 26.5 Å². The first kappa shape index (κ1) is 28.5. The lowest BCUT2D eigenvalue weighted by Crippen LogP contribution is -2.49. The predicted molar refractivity (Wildman–Crippen MR) is 159 cm³/mol. The summed E-state index contributed by atoms with van der Waals surface area (Å²) in [6.07, 6.45) is 7.39. The third kappa shape index (κ3) is 6.51. The van der Waals surface area contributed by atoms with Crippen molar-refractivity contribution in [3.63, 3.8) is 0 Å². The quantitative estimate of drug-likeness (QED) is 0.332. The van der Waals surface area contributed by atoms with E-state index < -0.39 is 6.04 Å². The molecule has 0 bridgehead atoms. The Balaban J connectivity index is 1.34. The van der Waals surface area contributed by atoms with Crippen molar-refractivity contribution in [1.29, 1.82) is 0 Å². The minimum atomic E-state index is -0.497. The molecular weight excluding hydrogens is 520 g/mol. The zero-order valence-corrected chi connectivity index (χ0v) is 24.2. The van der Waals surface area contributed by atoms with Gasteiger partial charge in [-0.25, -0.2) is 0 Å². The maximum Gasteiger partial charge on any atom is 0.247 e. The number of rotatable bonds is 9. The van der Waals surface area contributed by atoms with Crippen LogP contribution in [0.15, 0.2) is 37.1 Å². The number of nitrogens with one attached hydrogen (secondary N) is 3. The lowest BCUT2D eigenvalue weighted by atomic mass is 10.0. The molecule has 0 aliphatic carbocycles. The second-order valence-corrected chi connectivity index (χ2v) is 11.1. The van der Waals surface area contributed by atoms with Crippen LogP contribution in [0.2, 0.25) is 0 Å². The number of amides is 2. The van der Waals surface area contributed by atoms with E-state index in [1.165, 1.54) is 6.08 Å². The summed E-state index contributed by atoms with van der Waals surface area (Å²) in [5.74, 6) is 1.03. The Morgan fingerprint density at radius 1 is 1.17 bits per heavy atom. The van der Waals surface area contributed by atoms with Gasteiger partial charge in [0.1, 0.15) is 6.04 Å². The molecule has 2 saturated heterocycles. The highest BCUT2D eigenvalue weighted by molar-refractivity contribution is 5.99. The van der Waals surface area contributed by atoms with E-state index in [4.69, 9.17) is 14.7 Å². The van der Waals surface area contributed by atoms with E-state index in [1.807, 2.05) is 31.3 Å². The molecular formula is C30H40N8O3. The smallest absolute Gasteiger partial charge is 0.247 e. The van der Waals surface area contributed by atoms with Gasteiger partial charge in [0.25, 0.3) is 0 Å². The Hall–Kier alpha value is -3.99. The van der Waals surface area contributed by atoms with E-state index in [-0.39, 0.29) is 23.8 Å². The largest absolute Gasteiger partial charge is 0.381 e. The lowest BCUT2D eigenvalue weighted by Gasteiger charge is -2.34. The molecule has 41 heavy (non-hydrogen) atoms. The molecule has 11 heteroatoms. The number of fused-ring (bicyclic) bond motifs is 1. The van der Waals surface area contributed by atoms with E-state index in [2.05, 4.69) is 41.5 Å². The van der Waals surface area contributed by atoms with Crippen LogP contribution in [0.4, 0.5) is 17.6 Å². The monoisotopic (exact) mass is 560 g/mol. The first-order valence-corrected chi connectivity index (χ1v) is 14.5. The van der Waals surface area contributed by atoms with Crippen LogP contribution in [0.3, 0.4) is 0 Å². The van der Waals surface area contributed by atoms with Gasteiger partial charge in [-0.2, -0.15) is 19.6 Å². The molecule has 2 fully saturated rings. The van der Waals surface area contributed by atoms with Crippen molar-refractivity contribution in [2.45, 2.75) is 77.4 Å². The van der Waals surface area contributed by atoms with Gasteiger partial charge in [0.05, 0.1) is 6.20 Å². The number of carbonyl (C=O) groups is 2. The molecule has 2 aliphatic rings. The molecule has 3 N–H and O–H groups in total. The Bertz CT molecular complexity index is 1410. The van der Waals surface area contributed by atoms with Gasteiger partial charge >= 0.3 is 0 Å². The topological polar surface area (TPSA) is 126 Å². The van der Waals surface area contributed by atoms with Gasteiger partial charge in [0, 0.05) is 43.6 Å². The summed E-state index contributed by atoms with van der Waals surface area (Å²) >= 11 is 0. The number of piperidine rings is 1. The highest BCUT2D eigenvalue weighted by Gasteiger charge is 2.31. The third-order valence-corrected chi connectivity index (χ3v) is 7.89. The molecule has 1 atom stereocenters. The molecule has 2 amide bonds. The van der Waals surface area contributed by atoms with E-state index in [1.54, 1.807) is 9.42 Å². The van der Waals surface area contributed by atoms with Crippen LogP contribution in [-0.2, 0) is 20.9 Å². The average Bonchev–Trinajstić information content (AvgIpc) is 3.42. The van der Waals surface area contributed by atoms with Crippen molar-refractivity contribution < 1.29 is 14.3 Å². The average molecular weight is 561 g/mol. The van der Waals surface area contributed by atoms with E-state index in [0.29, 0.717) is 37.1 Å². The molecule has 5 rings (SSSR count). The molecule has 1 unspecified atom stereocenters. The van der Waals surface area contributed by atoms with Gasteiger partial charge in [-0.05, 0) is 74.3 Å². The highest BCUT2D eigenvalue weighted by atomic mass is 16.5. The number of likely N-dealkylation sites (tertiary alicyclic amines) is 1. The molecule has 0 radical (unpaired) electrons. The molecule has 0 saturated carbocycles. The SMILES string of the molecule is C=CC(=O)N1CCCCC1C(=O)Nc1ccc(C)c(CNc2nc(NC3CCOCC3)nc3c(C(C)C)cnn23)c1. The summed E-state index contributed by atoms with van der Waals surface area (Å²) in [6.45, 7) is 12.4. The molecule has 1 aromatic carbocycles. The zero-order valence-electron chi connectivity index (χ0n) is 24.2. The number of aryl methyl sites for hydroxylation is 1. The van der Waals surface area contributed by atoms with Crippen LogP contribution >= 0.6 is 0 Å². The number of anilines is 3. The third-order valence-electron chi connectivity index (χ3n) is 7.89. The lowest BCUT2D eigenvalue weighted by molar-refractivity contribution is -0.136. The molecule has 2 aliphatic heterocycles. The maximum atomic E-state index is 13.2. The second kappa shape index (κ2) is 12.7. The van der Waals surface area contributed by atoms with Crippen LogP contribution in [0.5, 0.6) is 0 Å². The van der Waals surface area contributed by atoms with E-state index >= 15 is 0 Å². The van der Waals surface area contributed by atoms with E-state index in [9.17, 15) is 9.59 Å². The van der Waals surface area contributed by atoms with Crippen molar-refractivity contribution >= 4 is 35.0 Å². The first-order valence-electron chi connectivity index (χ1n) is 14.5. The molecule has 0 spiro atoms. The summed E-state index contributed by atoms with van der Waals surface area (Å²) in [6, 6.07) is 5.60. The van der Waals surface area contributed by atoms with Gasteiger partial charge < -0.3 is 25.6 Å². The standard InChI is InChI=1S/C30H40N8O3/c1-5-26(39)37-13-7-6-8-25(37)28(40)33-23-10-9-20(4)21(16-23)17-31-30-36-29(34-22-11-14-41-15-12-22)35-27-24(19(2)3)18-32-38(27)30/h5,9-10,16,18-19,22,25H,1,6-8,11-15,17H2,2-4H3,(H,33,40)(H2,31,34,35,36). The summed E-state index contributed by atoms with van der Waals surface area (Å²) in [7, 11) is 0. The fourth-order valence-corrected chi connectivity index (χ4v) is 5.43. The fourth-order valence-electron chi connectivity index (χ4n) is 5.43. The van der Waals surface area contributed by atoms with Crippen LogP contribution in [0, 0.1) is 6.92 Å². The van der Waals surface area contributed by atoms with Crippen LogP contribution < -0.4 is 16.0 Å². The number of ether oxygens (including phenoxy) is 1. The minimum absolute atomic E-state index is 0.179. The molecule has 218 valence electrons. The Morgan fingerprint density at radius 3 is 2.73 bits per heavy atom. The number of nitrogens with zero attached hydrogens (tertiary/aromatic N) is 5. The second-order valence-electron chi connectivity index (χ2n) is 11.1. The van der Waals surface area contributed by atoms with Gasteiger partial charge in [0.2, 0.25) is 23.7 Å². The Morgan fingerprint density at radius 2 is 1.98 bits per heavy atom. The predicted octanol–water partition coefficient (Wildman–Crippen LogP) is 4.26. The van der Waals surface area contributed by atoms with Crippen molar-refractivity contribution in [2.75, 3.05) is 35.7 Å². The van der Waals surface area contributed by atoms with Gasteiger partial charge in [0.15, 0.2) is 5.65 Å². The number of carbonyl (C=O) groups excluding carboxylic acids is 2. The zero-order chi connectivity index (χ0) is 28.9. The first-order chi connectivity index (χ1) is 19.8. The number of benzene rings is 1. The molecule has 2 aromatic heterocycles. The van der Waals surface area contributed by atoms with Crippen molar-refractivity contribution in [1.82, 2.24) is 24.5 Å². The van der Waals surface area contributed by atoms with Gasteiger partial charge in [-0.15, -0.1) is 0 Å². The van der Waals surface area contributed by atoms with Crippen molar-refractivity contribution in [3.05, 3.63) is 53.7 Å². The Kier molecular flexibility index (Phi) is 8.82. The normalized spacial score (nSPS) is 18.0. The van der Waals surface area contributed by atoms with Crippen LogP contribution in [0.1, 0.15) is 68.6 Å². The van der Waals surface area contributed by atoms with Crippen molar-refractivity contribution in [3.8, 4) is 0 Å².